The summed E-state index contributed by atoms with van der Waals surface area (Å²) in [5.41, 5.74) is 8.63. The van der Waals surface area contributed by atoms with Crippen molar-refractivity contribution in [3.8, 4) is 11.5 Å². The van der Waals surface area contributed by atoms with E-state index in [1.54, 1.807) is 0 Å². The molecular formula is C16H18ClNO2. The zero-order valence-electron chi connectivity index (χ0n) is 11.7. The van der Waals surface area contributed by atoms with Crippen LogP contribution in [-0.4, -0.2) is 13.2 Å². The Hall–Kier alpha value is -1.87. The first-order chi connectivity index (χ1) is 9.56. The van der Waals surface area contributed by atoms with Crippen molar-refractivity contribution in [1.82, 2.24) is 0 Å². The fourth-order valence-electron chi connectivity index (χ4n) is 1.77. The van der Waals surface area contributed by atoms with Crippen LogP contribution < -0.4 is 15.2 Å². The van der Waals surface area contributed by atoms with Crippen molar-refractivity contribution in [2.75, 3.05) is 18.9 Å². The summed E-state index contributed by atoms with van der Waals surface area (Å²) in [6, 6.07) is 11.3. The molecule has 0 atom stereocenters. The van der Waals surface area contributed by atoms with E-state index in [1.165, 1.54) is 0 Å². The molecule has 4 heteroatoms. The van der Waals surface area contributed by atoms with E-state index in [4.69, 9.17) is 26.8 Å². The molecule has 106 valence electrons. The van der Waals surface area contributed by atoms with E-state index in [2.05, 4.69) is 0 Å². The number of nitrogen functional groups attached to an aromatic ring is 1. The first kappa shape index (κ1) is 14.5. The number of ether oxygens (including phenoxy) is 2. The van der Waals surface area contributed by atoms with E-state index in [9.17, 15) is 0 Å². The molecule has 2 aromatic rings. The SMILES string of the molecule is Cc1ccc(Cl)c(OCCOc2ccc(N)c(C)c2)c1. The van der Waals surface area contributed by atoms with Crippen LogP contribution in [0.25, 0.3) is 0 Å². The smallest absolute Gasteiger partial charge is 0.138 e. The van der Waals surface area contributed by atoms with Gasteiger partial charge in [0.15, 0.2) is 0 Å². The molecule has 0 saturated heterocycles. The normalized spacial score (nSPS) is 10.3. The Labute approximate surface area is 124 Å². The lowest BCUT2D eigenvalue weighted by Crippen LogP contribution is -2.09. The maximum Gasteiger partial charge on any atom is 0.138 e. The second kappa shape index (κ2) is 6.53. The molecule has 0 bridgehead atoms. The predicted molar refractivity (Wildman–Crippen MR) is 82.8 cm³/mol. The van der Waals surface area contributed by atoms with Gasteiger partial charge in [-0.05, 0) is 55.3 Å². The Morgan fingerprint density at radius 1 is 1.00 bits per heavy atom. The van der Waals surface area contributed by atoms with Crippen LogP contribution >= 0.6 is 11.6 Å². The average molecular weight is 292 g/mol. The van der Waals surface area contributed by atoms with Crippen molar-refractivity contribution >= 4 is 17.3 Å². The van der Waals surface area contributed by atoms with Gasteiger partial charge in [-0.2, -0.15) is 0 Å². The summed E-state index contributed by atoms with van der Waals surface area (Å²) in [5, 5.41) is 0.610. The fraction of sp³-hybridized carbons (Fsp3) is 0.250. The van der Waals surface area contributed by atoms with Crippen LogP contribution in [0.2, 0.25) is 5.02 Å². The van der Waals surface area contributed by atoms with E-state index in [1.807, 2.05) is 50.2 Å². The van der Waals surface area contributed by atoms with Crippen LogP contribution in [0.4, 0.5) is 5.69 Å². The molecule has 0 aliphatic heterocycles. The van der Waals surface area contributed by atoms with E-state index >= 15 is 0 Å². The summed E-state index contributed by atoms with van der Waals surface area (Å²) in [6.45, 7) is 4.84. The van der Waals surface area contributed by atoms with Crippen LogP contribution in [0.15, 0.2) is 36.4 Å². The van der Waals surface area contributed by atoms with Gasteiger partial charge >= 0.3 is 0 Å². The number of nitrogens with two attached hydrogens (primary N) is 1. The molecule has 0 aromatic heterocycles. The molecule has 0 unspecified atom stereocenters. The molecule has 0 heterocycles. The molecule has 20 heavy (non-hydrogen) atoms. The molecule has 2 rings (SSSR count). The summed E-state index contributed by atoms with van der Waals surface area (Å²) in [6.07, 6.45) is 0. The van der Waals surface area contributed by atoms with Crippen molar-refractivity contribution in [3.05, 3.63) is 52.5 Å². The van der Waals surface area contributed by atoms with E-state index < -0.39 is 0 Å². The molecule has 0 aliphatic rings. The number of rotatable bonds is 5. The summed E-state index contributed by atoms with van der Waals surface area (Å²) in [5.74, 6) is 1.47. The van der Waals surface area contributed by atoms with Crippen LogP contribution in [-0.2, 0) is 0 Å². The summed E-state index contributed by atoms with van der Waals surface area (Å²) in [4.78, 5) is 0. The van der Waals surface area contributed by atoms with Gasteiger partial charge in [0.1, 0.15) is 24.7 Å². The van der Waals surface area contributed by atoms with Gasteiger partial charge in [0.25, 0.3) is 0 Å². The number of benzene rings is 2. The Kier molecular flexibility index (Phi) is 4.74. The second-order valence-corrected chi connectivity index (χ2v) is 5.06. The molecule has 0 spiro atoms. The molecule has 0 fully saturated rings. The highest BCUT2D eigenvalue weighted by atomic mass is 35.5. The third kappa shape index (κ3) is 3.81. The molecule has 0 saturated carbocycles. The zero-order valence-corrected chi connectivity index (χ0v) is 12.4. The highest BCUT2D eigenvalue weighted by Crippen LogP contribution is 2.25. The minimum atomic E-state index is 0.437. The summed E-state index contributed by atoms with van der Waals surface area (Å²) in [7, 11) is 0. The predicted octanol–water partition coefficient (Wildman–Crippen LogP) is 4.00. The Bertz CT molecular complexity index is 599. The minimum Gasteiger partial charge on any atom is -0.490 e. The molecule has 2 N–H and O–H groups in total. The molecule has 0 amide bonds. The Balaban J connectivity index is 1.84. The lowest BCUT2D eigenvalue weighted by molar-refractivity contribution is 0.217. The monoisotopic (exact) mass is 291 g/mol. The maximum absolute atomic E-state index is 6.05. The van der Waals surface area contributed by atoms with Crippen LogP contribution in [0.5, 0.6) is 11.5 Å². The van der Waals surface area contributed by atoms with Crippen molar-refractivity contribution in [1.29, 1.82) is 0 Å². The third-order valence-electron chi connectivity index (χ3n) is 2.94. The van der Waals surface area contributed by atoms with Gasteiger partial charge in [0.2, 0.25) is 0 Å². The van der Waals surface area contributed by atoms with Gasteiger partial charge in [-0.3, -0.25) is 0 Å². The number of hydrogen-bond acceptors (Lipinski definition) is 3. The number of anilines is 1. The Morgan fingerprint density at radius 2 is 1.75 bits per heavy atom. The summed E-state index contributed by atoms with van der Waals surface area (Å²) >= 11 is 6.05. The quantitative estimate of drug-likeness (QED) is 0.669. The zero-order chi connectivity index (χ0) is 14.5. The van der Waals surface area contributed by atoms with Gasteiger partial charge in [0.05, 0.1) is 5.02 Å². The van der Waals surface area contributed by atoms with Gasteiger partial charge in [0, 0.05) is 5.69 Å². The first-order valence-electron chi connectivity index (χ1n) is 6.44. The van der Waals surface area contributed by atoms with Crippen LogP contribution in [0, 0.1) is 13.8 Å². The van der Waals surface area contributed by atoms with Gasteiger partial charge in [-0.15, -0.1) is 0 Å². The highest BCUT2D eigenvalue weighted by molar-refractivity contribution is 6.32. The van der Waals surface area contributed by atoms with E-state index in [0.717, 1.165) is 22.6 Å². The van der Waals surface area contributed by atoms with Crippen molar-refractivity contribution in [2.24, 2.45) is 0 Å². The van der Waals surface area contributed by atoms with Gasteiger partial charge in [-0.1, -0.05) is 17.7 Å². The second-order valence-electron chi connectivity index (χ2n) is 4.65. The molecular weight excluding hydrogens is 274 g/mol. The molecule has 2 aromatic carbocycles. The van der Waals surface area contributed by atoms with Gasteiger partial charge in [-0.25, -0.2) is 0 Å². The van der Waals surface area contributed by atoms with Crippen molar-refractivity contribution in [2.45, 2.75) is 13.8 Å². The fourth-order valence-corrected chi connectivity index (χ4v) is 1.94. The standard InChI is InChI=1S/C16H18ClNO2/c1-11-3-5-14(17)16(9-11)20-8-7-19-13-4-6-15(18)12(2)10-13/h3-6,9-10H,7-8,18H2,1-2H3. The minimum absolute atomic E-state index is 0.437. The van der Waals surface area contributed by atoms with Crippen LogP contribution in [0.3, 0.4) is 0 Å². The van der Waals surface area contributed by atoms with Crippen molar-refractivity contribution < 1.29 is 9.47 Å². The number of aryl methyl sites for hydroxylation is 2. The van der Waals surface area contributed by atoms with Crippen molar-refractivity contribution in [3.63, 3.8) is 0 Å². The van der Waals surface area contributed by atoms with E-state index in [-0.39, 0.29) is 0 Å². The first-order valence-corrected chi connectivity index (χ1v) is 6.82. The van der Waals surface area contributed by atoms with E-state index in [0.29, 0.717) is 24.0 Å². The molecule has 0 radical (unpaired) electrons. The third-order valence-corrected chi connectivity index (χ3v) is 3.25. The lowest BCUT2D eigenvalue weighted by Gasteiger charge is -2.11. The largest absolute Gasteiger partial charge is 0.490 e. The maximum atomic E-state index is 6.05. The summed E-state index contributed by atoms with van der Waals surface area (Å²) < 4.78 is 11.2. The molecule has 0 aliphatic carbocycles. The number of hydrogen-bond donors (Lipinski definition) is 1. The highest BCUT2D eigenvalue weighted by Gasteiger charge is 2.02. The molecule has 3 nitrogen and oxygen atoms in total. The Morgan fingerprint density at radius 3 is 2.50 bits per heavy atom. The van der Waals surface area contributed by atoms with Gasteiger partial charge < -0.3 is 15.2 Å². The number of halogens is 1. The average Bonchev–Trinajstić information content (AvgIpc) is 2.42. The topological polar surface area (TPSA) is 44.5 Å². The van der Waals surface area contributed by atoms with Crippen LogP contribution in [0.1, 0.15) is 11.1 Å². The lowest BCUT2D eigenvalue weighted by atomic mass is 10.2.